The Morgan fingerprint density at radius 1 is 1.00 bits per heavy atom. The number of aromatic nitrogens is 2. The van der Waals surface area contributed by atoms with Crippen molar-refractivity contribution in [3.05, 3.63) is 93.9 Å². The van der Waals surface area contributed by atoms with Gasteiger partial charge in [-0.25, -0.2) is 9.67 Å². The number of H-pyrrole nitrogens is 1. The van der Waals surface area contributed by atoms with E-state index in [-0.39, 0.29) is 0 Å². The lowest BCUT2D eigenvalue weighted by atomic mass is 10.1. The van der Waals surface area contributed by atoms with Crippen molar-refractivity contribution in [1.29, 1.82) is 0 Å². The zero-order chi connectivity index (χ0) is 20.5. The van der Waals surface area contributed by atoms with E-state index in [2.05, 4.69) is 43.1 Å². The van der Waals surface area contributed by atoms with Crippen molar-refractivity contribution in [3.8, 4) is 11.5 Å². The molecule has 0 amide bonds. The molecule has 0 unspecified atom stereocenters. The number of hydrogen-bond acceptors (Lipinski definition) is 4. The van der Waals surface area contributed by atoms with Crippen LogP contribution in [0, 0.1) is 13.8 Å². The SMILES string of the molecule is Cc1ccc(N=c2scc(-c3ccco3)n2N=Cc2c(C)[nH]c3ccccc23)cc1. The number of aromatic amines is 1. The molecule has 5 aromatic rings. The summed E-state index contributed by atoms with van der Waals surface area (Å²) in [4.78, 5) is 9.01. The highest BCUT2D eigenvalue weighted by atomic mass is 32.1. The summed E-state index contributed by atoms with van der Waals surface area (Å²) in [7, 11) is 0. The fourth-order valence-electron chi connectivity index (χ4n) is 3.39. The van der Waals surface area contributed by atoms with Crippen molar-refractivity contribution in [2.75, 3.05) is 0 Å². The predicted octanol–water partition coefficient (Wildman–Crippen LogP) is 6.02. The number of hydrogen-bond donors (Lipinski definition) is 1. The van der Waals surface area contributed by atoms with Crippen LogP contribution in [0.1, 0.15) is 16.8 Å². The molecule has 0 saturated heterocycles. The number of furan rings is 1. The van der Waals surface area contributed by atoms with Crippen LogP contribution in [0.4, 0.5) is 5.69 Å². The highest BCUT2D eigenvalue weighted by Gasteiger charge is 2.11. The molecule has 0 saturated carbocycles. The molecule has 0 atom stereocenters. The number of nitrogens with one attached hydrogen (secondary N) is 1. The van der Waals surface area contributed by atoms with E-state index in [9.17, 15) is 0 Å². The molecule has 2 aromatic carbocycles. The van der Waals surface area contributed by atoms with Gasteiger partial charge in [0, 0.05) is 27.5 Å². The summed E-state index contributed by atoms with van der Waals surface area (Å²) < 4.78 is 7.47. The van der Waals surface area contributed by atoms with Crippen molar-refractivity contribution in [2.24, 2.45) is 10.1 Å². The summed E-state index contributed by atoms with van der Waals surface area (Å²) in [5.74, 6) is 0.754. The Balaban J connectivity index is 1.65. The molecular formula is C24H20N4OS. The van der Waals surface area contributed by atoms with E-state index >= 15 is 0 Å². The maximum atomic E-state index is 5.63. The largest absolute Gasteiger partial charge is 0.463 e. The molecule has 0 bridgehead atoms. The van der Waals surface area contributed by atoms with Gasteiger partial charge in [0.05, 0.1) is 18.2 Å². The van der Waals surface area contributed by atoms with Crippen LogP contribution in [-0.4, -0.2) is 15.9 Å². The quantitative estimate of drug-likeness (QED) is 0.360. The van der Waals surface area contributed by atoms with Crippen LogP contribution >= 0.6 is 11.3 Å². The van der Waals surface area contributed by atoms with Crippen molar-refractivity contribution in [2.45, 2.75) is 13.8 Å². The van der Waals surface area contributed by atoms with E-state index in [1.807, 2.05) is 52.7 Å². The fraction of sp³-hybridized carbons (Fsp3) is 0.0833. The lowest BCUT2D eigenvalue weighted by Crippen LogP contribution is -2.11. The van der Waals surface area contributed by atoms with E-state index in [4.69, 9.17) is 14.5 Å². The second-order valence-electron chi connectivity index (χ2n) is 7.09. The van der Waals surface area contributed by atoms with Crippen LogP contribution in [0.25, 0.3) is 22.4 Å². The molecule has 0 aliphatic heterocycles. The summed E-state index contributed by atoms with van der Waals surface area (Å²) in [5.41, 5.74) is 6.20. The van der Waals surface area contributed by atoms with E-state index in [1.54, 1.807) is 6.26 Å². The summed E-state index contributed by atoms with van der Waals surface area (Å²) in [6.07, 6.45) is 3.56. The molecule has 0 radical (unpaired) electrons. The lowest BCUT2D eigenvalue weighted by Gasteiger charge is -2.01. The first-order valence-electron chi connectivity index (χ1n) is 9.66. The van der Waals surface area contributed by atoms with Crippen LogP contribution in [0.5, 0.6) is 0 Å². The Labute approximate surface area is 177 Å². The van der Waals surface area contributed by atoms with Crippen molar-refractivity contribution >= 4 is 34.1 Å². The average Bonchev–Trinajstić information content (AvgIpc) is 3.47. The molecule has 0 spiro atoms. The van der Waals surface area contributed by atoms with Crippen LogP contribution < -0.4 is 4.80 Å². The summed E-state index contributed by atoms with van der Waals surface area (Å²) >= 11 is 1.53. The Bertz CT molecular complexity index is 1400. The van der Waals surface area contributed by atoms with Gasteiger partial charge in [-0.2, -0.15) is 5.10 Å². The number of rotatable bonds is 4. The maximum Gasteiger partial charge on any atom is 0.211 e. The van der Waals surface area contributed by atoms with Gasteiger partial charge in [0.25, 0.3) is 0 Å². The van der Waals surface area contributed by atoms with E-state index in [1.165, 1.54) is 16.9 Å². The monoisotopic (exact) mass is 412 g/mol. The summed E-state index contributed by atoms with van der Waals surface area (Å²) in [6, 6.07) is 20.2. The normalized spacial score (nSPS) is 12.4. The Morgan fingerprint density at radius 3 is 2.63 bits per heavy atom. The number of benzene rings is 2. The van der Waals surface area contributed by atoms with Gasteiger partial charge in [0.2, 0.25) is 4.80 Å². The molecule has 5 rings (SSSR count). The van der Waals surface area contributed by atoms with Gasteiger partial charge in [0.1, 0.15) is 5.69 Å². The van der Waals surface area contributed by atoms with Crippen molar-refractivity contribution in [1.82, 2.24) is 9.66 Å². The first-order chi connectivity index (χ1) is 14.7. The first-order valence-corrected chi connectivity index (χ1v) is 10.5. The molecule has 0 aliphatic carbocycles. The fourth-order valence-corrected chi connectivity index (χ4v) is 4.23. The minimum atomic E-state index is 0.754. The highest BCUT2D eigenvalue weighted by molar-refractivity contribution is 7.07. The Morgan fingerprint density at radius 2 is 1.83 bits per heavy atom. The molecule has 148 valence electrons. The topological polar surface area (TPSA) is 58.6 Å². The number of thiazole rings is 1. The molecule has 0 fully saturated rings. The maximum absolute atomic E-state index is 5.63. The van der Waals surface area contributed by atoms with Crippen LogP contribution in [0.3, 0.4) is 0 Å². The minimum absolute atomic E-state index is 0.754. The van der Waals surface area contributed by atoms with E-state index in [0.29, 0.717) is 0 Å². The Hall–Kier alpha value is -3.64. The molecule has 1 N–H and O–H groups in total. The number of para-hydroxylation sites is 1. The second-order valence-corrected chi connectivity index (χ2v) is 7.93. The second kappa shape index (κ2) is 7.65. The third-order valence-electron chi connectivity index (χ3n) is 4.96. The third kappa shape index (κ3) is 3.42. The van der Waals surface area contributed by atoms with E-state index < -0.39 is 0 Å². The van der Waals surface area contributed by atoms with Crippen LogP contribution in [0.15, 0.2) is 86.8 Å². The zero-order valence-electron chi connectivity index (χ0n) is 16.7. The lowest BCUT2D eigenvalue weighted by molar-refractivity contribution is 0.575. The van der Waals surface area contributed by atoms with Gasteiger partial charge in [-0.3, -0.25) is 0 Å². The van der Waals surface area contributed by atoms with Crippen LogP contribution in [-0.2, 0) is 0 Å². The first kappa shape index (κ1) is 18.4. The minimum Gasteiger partial charge on any atom is -0.463 e. The van der Waals surface area contributed by atoms with Crippen molar-refractivity contribution < 1.29 is 4.42 Å². The summed E-state index contributed by atoms with van der Waals surface area (Å²) in [5, 5.41) is 7.98. The molecule has 5 nitrogen and oxygen atoms in total. The Kier molecular flexibility index (Phi) is 4.69. The third-order valence-corrected chi connectivity index (χ3v) is 5.78. The molecular weight excluding hydrogens is 392 g/mol. The van der Waals surface area contributed by atoms with Gasteiger partial charge in [-0.15, -0.1) is 11.3 Å². The molecule has 0 aliphatic rings. The predicted molar refractivity (Wildman–Crippen MR) is 122 cm³/mol. The standard InChI is InChI=1S/C24H20N4OS/c1-16-9-11-18(12-10-16)27-24-28(22(15-30-24)23-8-5-13-29-23)25-14-20-17(2)26-21-7-4-3-6-19(20)21/h3-15,26H,1-2H3. The zero-order valence-corrected chi connectivity index (χ0v) is 17.5. The number of aryl methyl sites for hydroxylation is 2. The molecule has 3 aromatic heterocycles. The van der Waals surface area contributed by atoms with Crippen molar-refractivity contribution in [3.63, 3.8) is 0 Å². The smallest absolute Gasteiger partial charge is 0.211 e. The number of fused-ring (bicyclic) bond motifs is 1. The van der Waals surface area contributed by atoms with Gasteiger partial charge in [0.15, 0.2) is 5.76 Å². The molecule has 3 heterocycles. The average molecular weight is 413 g/mol. The van der Waals surface area contributed by atoms with Gasteiger partial charge >= 0.3 is 0 Å². The van der Waals surface area contributed by atoms with Gasteiger partial charge < -0.3 is 9.40 Å². The highest BCUT2D eigenvalue weighted by Crippen LogP contribution is 2.23. The van der Waals surface area contributed by atoms with E-state index in [0.717, 1.165) is 44.1 Å². The van der Waals surface area contributed by atoms with Gasteiger partial charge in [-0.1, -0.05) is 35.9 Å². The van der Waals surface area contributed by atoms with Crippen LogP contribution in [0.2, 0.25) is 0 Å². The summed E-state index contributed by atoms with van der Waals surface area (Å²) in [6.45, 7) is 4.13. The number of nitrogens with zero attached hydrogens (tertiary/aromatic N) is 3. The van der Waals surface area contributed by atoms with Gasteiger partial charge in [-0.05, 0) is 44.2 Å². The molecule has 30 heavy (non-hydrogen) atoms. The molecule has 6 heteroatoms.